The average molecular weight is 311 g/mol. The lowest BCUT2D eigenvalue weighted by molar-refractivity contribution is -0.155. The third-order valence-electron chi connectivity index (χ3n) is 3.05. The molecule has 1 atom stereocenters. The van der Waals surface area contributed by atoms with Crippen molar-refractivity contribution >= 4 is 23.6 Å². The number of imidazole rings is 1. The van der Waals surface area contributed by atoms with Gasteiger partial charge in [0.2, 0.25) is 5.91 Å². The number of carbonyl (C=O) groups excluding carboxylic acids is 2. The quantitative estimate of drug-likeness (QED) is 0.861. The van der Waals surface area contributed by atoms with E-state index < -0.39 is 5.60 Å². The molecule has 1 fully saturated rings. The zero-order valence-corrected chi connectivity index (χ0v) is 13.6. The summed E-state index contributed by atoms with van der Waals surface area (Å²) in [5.41, 5.74) is 1.30. The first-order valence-corrected chi connectivity index (χ1v) is 7.95. The predicted octanol–water partition coefficient (Wildman–Crippen LogP) is 2.02. The maximum Gasteiger partial charge on any atom is 0.308 e. The summed E-state index contributed by atoms with van der Waals surface area (Å²) in [7, 11) is 0. The normalized spacial score (nSPS) is 19.1. The number of carbonyl (C=O) groups is 2. The first-order valence-electron chi connectivity index (χ1n) is 6.91. The molecule has 0 spiro atoms. The van der Waals surface area contributed by atoms with Crippen molar-refractivity contribution in [3.8, 4) is 0 Å². The zero-order valence-electron chi connectivity index (χ0n) is 12.8. The fraction of sp³-hybridized carbons (Fsp3) is 0.643. The number of ether oxygens (including phenoxy) is 1. The lowest BCUT2D eigenvalue weighted by atomic mass is 10.2. The van der Waals surface area contributed by atoms with Crippen LogP contribution in [0.15, 0.2) is 6.33 Å². The Morgan fingerprint density at radius 1 is 1.57 bits per heavy atom. The number of aromatic amines is 1. The Labute approximate surface area is 128 Å². The monoisotopic (exact) mass is 311 g/mol. The Morgan fingerprint density at radius 2 is 2.29 bits per heavy atom. The fourth-order valence-electron chi connectivity index (χ4n) is 2.15. The van der Waals surface area contributed by atoms with Crippen LogP contribution >= 0.6 is 11.8 Å². The van der Waals surface area contributed by atoms with Gasteiger partial charge >= 0.3 is 5.97 Å². The standard InChI is InChI=1S/C14H21N3O3S/c1-9-12(16-8-15-9)13-17(10(18)7-21-13)6-5-11(19)20-14(2,3)4/h8,13H,5-7H2,1-4H3,(H,15,16). The molecule has 1 aliphatic rings. The van der Waals surface area contributed by atoms with Gasteiger partial charge in [-0.05, 0) is 27.7 Å². The lowest BCUT2D eigenvalue weighted by Crippen LogP contribution is -2.32. The smallest absolute Gasteiger partial charge is 0.308 e. The molecular weight excluding hydrogens is 290 g/mol. The molecule has 1 N–H and O–H groups in total. The Hall–Kier alpha value is -1.50. The second kappa shape index (κ2) is 6.09. The molecule has 1 unspecified atom stereocenters. The molecule has 1 aliphatic heterocycles. The molecule has 0 radical (unpaired) electrons. The minimum Gasteiger partial charge on any atom is -0.460 e. The highest BCUT2D eigenvalue weighted by Crippen LogP contribution is 2.38. The summed E-state index contributed by atoms with van der Waals surface area (Å²) < 4.78 is 5.28. The van der Waals surface area contributed by atoms with Crippen molar-refractivity contribution in [3.63, 3.8) is 0 Å². The largest absolute Gasteiger partial charge is 0.460 e. The van der Waals surface area contributed by atoms with Gasteiger partial charge in [-0.2, -0.15) is 0 Å². The van der Waals surface area contributed by atoms with Crippen LogP contribution in [0.3, 0.4) is 0 Å². The van der Waals surface area contributed by atoms with E-state index in [4.69, 9.17) is 4.74 Å². The van der Waals surface area contributed by atoms with Crippen LogP contribution in [0.1, 0.15) is 44.0 Å². The van der Waals surface area contributed by atoms with Gasteiger partial charge in [0.1, 0.15) is 11.0 Å². The summed E-state index contributed by atoms with van der Waals surface area (Å²) in [4.78, 5) is 32.8. The molecule has 0 saturated carbocycles. The number of amides is 1. The van der Waals surface area contributed by atoms with Gasteiger partial charge < -0.3 is 14.6 Å². The Balaban J connectivity index is 1.99. The average Bonchev–Trinajstić information content (AvgIpc) is 2.91. The van der Waals surface area contributed by atoms with Crippen molar-refractivity contribution in [1.82, 2.24) is 14.9 Å². The number of aryl methyl sites for hydroxylation is 1. The molecule has 2 heterocycles. The predicted molar refractivity (Wildman–Crippen MR) is 80.7 cm³/mol. The van der Waals surface area contributed by atoms with Crippen molar-refractivity contribution in [2.75, 3.05) is 12.3 Å². The van der Waals surface area contributed by atoms with E-state index in [9.17, 15) is 9.59 Å². The van der Waals surface area contributed by atoms with E-state index in [1.807, 2.05) is 27.7 Å². The number of esters is 1. The molecule has 7 heteroatoms. The molecule has 0 aromatic carbocycles. The zero-order chi connectivity index (χ0) is 15.6. The minimum absolute atomic E-state index is 0.0379. The van der Waals surface area contributed by atoms with Crippen molar-refractivity contribution in [1.29, 1.82) is 0 Å². The number of rotatable bonds is 4. The number of aromatic nitrogens is 2. The maximum atomic E-state index is 12.0. The first-order chi connectivity index (χ1) is 9.78. The summed E-state index contributed by atoms with van der Waals surface area (Å²) in [5.74, 6) is 0.173. The summed E-state index contributed by atoms with van der Waals surface area (Å²) in [6.45, 7) is 7.78. The second-order valence-electron chi connectivity index (χ2n) is 6.00. The van der Waals surface area contributed by atoms with Crippen molar-refractivity contribution in [2.45, 2.75) is 45.1 Å². The van der Waals surface area contributed by atoms with Crippen LogP contribution in [-0.2, 0) is 14.3 Å². The SMILES string of the molecule is Cc1[nH]cnc1C1SCC(=O)N1CCC(=O)OC(C)(C)C. The van der Waals surface area contributed by atoms with Gasteiger partial charge in [0.25, 0.3) is 0 Å². The number of nitrogens with zero attached hydrogens (tertiary/aromatic N) is 2. The van der Waals surface area contributed by atoms with E-state index >= 15 is 0 Å². The van der Waals surface area contributed by atoms with E-state index in [0.717, 1.165) is 11.4 Å². The number of hydrogen-bond acceptors (Lipinski definition) is 5. The molecular formula is C14H21N3O3S. The van der Waals surface area contributed by atoms with Gasteiger partial charge in [-0.25, -0.2) is 4.98 Å². The van der Waals surface area contributed by atoms with E-state index in [-0.39, 0.29) is 23.7 Å². The molecule has 2 rings (SSSR count). The summed E-state index contributed by atoms with van der Waals surface area (Å²) in [6, 6.07) is 0. The highest BCUT2D eigenvalue weighted by atomic mass is 32.2. The number of H-pyrrole nitrogens is 1. The minimum atomic E-state index is -0.501. The van der Waals surface area contributed by atoms with Gasteiger partial charge in [0.05, 0.1) is 24.2 Å². The van der Waals surface area contributed by atoms with Crippen molar-refractivity contribution < 1.29 is 14.3 Å². The second-order valence-corrected chi connectivity index (χ2v) is 7.07. The van der Waals surface area contributed by atoms with Crippen molar-refractivity contribution in [2.24, 2.45) is 0 Å². The molecule has 21 heavy (non-hydrogen) atoms. The Bertz CT molecular complexity index is 536. The van der Waals surface area contributed by atoms with Gasteiger partial charge in [0, 0.05) is 12.2 Å². The van der Waals surface area contributed by atoms with E-state index in [2.05, 4.69) is 9.97 Å². The topological polar surface area (TPSA) is 75.3 Å². The highest BCUT2D eigenvalue weighted by Gasteiger charge is 2.35. The van der Waals surface area contributed by atoms with E-state index in [1.54, 1.807) is 11.2 Å². The molecule has 1 saturated heterocycles. The van der Waals surface area contributed by atoms with E-state index in [0.29, 0.717) is 12.3 Å². The van der Waals surface area contributed by atoms with Crippen molar-refractivity contribution in [3.05, 3.63) is 17.7 Å². The number of thioether (sulfide) groups is 1. The highest BCUT2D eigenvalue weighted by molar-refractivity contribution is 8.00. The molecule has 6 nitrogen and oxygen atoms in total. The third-order valence-corrected chi connectivity index (χ3v) is 4.25. The number of nitrogens with one attached hydrogen (secondary N) is 1. The molecule has 116 valence electrons. The summed E-state index contributed by atoms with van der Waals surface area (Å²) >= 11 is 1.54. The van der Waals surface area contributed by atoms with Gasteiger partial charge in [0.15, 0.2) is 0 Å². The van der Waals surface area contributed by atoms with Crippen LogP contribution in [0.25, 0.3) is 0 Å². The molecule has 1 amide bonds. The lowest BCUT2D eigenvalue weighted by Gasteiger charge is -2.24. The fourth-order valence-corrected chi connectivity index (χ4v) is 3.41. The van der Waals surface area contributed by atoms with Crippen LogP contribution in [0.4, 0.5) is 0 Å². The van der Waals surface area contributed by atoms with Crippen LogP contribution in [0.5, 0.6) is 0 Å². The Morgan fingerprint density at radius 3 is 2.86 bits per heavy atom. The summed E-state index contributed by atoms with van der Waals surface area (Å²) in [6.07, 6.45) is 1.82. The molecule has 1 aromatic heterocycles. The van der Waals surface area contributed by atoms with Gasteiger partial charge in [-0.3, -0.25) is 9.59 Å². The first kappa shape index (κ1) is 15.9. The van der Waals surface area contributed by atoms with Crippen LogP contribution in [0, 0.1) is 6.92 Å². The third kappa shape index (κ3) is 4.00. The van der Waals surface area contributed by atoms with Gasteiger partial charge in [-0.1, -0.05) is 0 Å². The van der Waals surface area contributed by atoms with E-state index in [1.165, 1.54) is 11.8 Å². The molecule has 0 aliphatic carbocycles. The van der Waals surface area contributed by atoms with Gasteiger partial charge in [-0.15, -0.1) is 11.8 Å². The maximum absolute atomic E-state index is 12.0. The Kier molecular flexibility index (Phi) is 4.61. The van der Waals surface area contributed by atoms with Crippen LogP contribution in [-0.4, -0.2) is 44.6 Å². The molecule has 0 bridgehead atoms. The number of hydrogen-bond donors (Lipinski definition) is 1. The molecule has 1 aromatic rings. The summed E-state index contributed by atoms with van der Waals surface area (Å²) in [5, 5.41) is -0.119. The van der Waals surface area contributed by atoms with Crippen LogP contribution in [0.2, 0.25) is 0 Å². The van der Waals surface area contributed by atoms with Crippen LogP contribution < -0.4 is 0 Å².